The lowest BCUT2D eigenvalue weighted by atomic mass is 9.89. The lowest BCUT2D eigenvalue weighted by molar-refractivity contribution is 0.0924. The molecule has 0 spiro atoms. The molecule has 4 heterocycles. The average molecular weight is 345 g/mol. The van der Waals surface area contributed by atoms with Gasteiger partial charge in [0.05, 0.1) is 0 Å². The van der Waals surface area contributed by atoms with E-state index in [2.05, 4.69) is 37.9 Å². The number of carbonyl (C=O) groups excluding carboxylic acids is 1. The minimum absolute atomic E-state index is 0.106. The maximum atomic E-state index is 12.3. The smallest absolute Gasteiger partial charge is 0.289 e. The maximum Gasteiger partial charge on any atom is 0.289 e. The number of fused-ring (bicyclic) bond motifs is 2. The number of rotatable bonds is 4. The first-order chi connectivity index (χ1) is 11.6. The quantitative estimate of drug-likeness (QED) is 0.917. The van der Waals surface area contributed by atoms with Gasteiger partial charge in [-0.1, -0.05) is 6.07 Å². The van der Waals surface area contributed by atoms with Gasteiger partial charge in [-0.05, 0) is 37.1 Å². The number of thiophene rings is 1. The zero-order valence-corrected chi connectivity index (χ0v) is 14.9. The van der Waals surface area contributed by atoms with E-state index in [1.165, 1.54) is 4.88 Å². The summed E-state index contributed by atoms with van der Waals surface area (Å²) in [5.41, 5.74) is 0. The summed E-state index contributed by atoms with van der Waals surface area (Å²) in [6.45, 7) is 8.01. The molecule has 2 aliphatic rings. The molecule has 2 aromatic rings. The van der Waals surface area contributed by atoms with Gasteiger partial charge in [-0.25, -0.2) is 0 Å². The Hall–Kier alpha value is -1.73. The molecule has 4 rings (SSSR count). The molecule has 6 nitrogen and oxygen atoms in total. The van der Waals surface area contributed by atoms with Crippen LogP contribution in [0.5, 0.6) is 0 Å². The normalized spacial score (nSPS) is 23.3. The molecule has 2 aromatic heterocycles. The fraction of sp³-hybridized carbons (Fsp3) is 0.588. The van der Waals surface area contributed by atoms with Crippen LogP contribution in [0.2, 0.25) is 0 Å². The first-order valence-electron chi connectivity index (χ1n) is 8.58. The second-order valence-electron chi connectivity index (χ2n) is 7.18. The minimum Gasteiger partial charge on any atom is -0.347 e. The van der Waals surface area contributed by atoms with Gasteiger partial charge in [0.1, 0.15) is 5.82 Å². The van der Waals surface area contributed by atoms with Gasteiger partial charge < -0.3 is 9.88 Å². The van der Waals surface area contributed by atoms with Crippen molar-refractivity contribution in [2.45, 2.75) is 39.4 Å². The van der Waals surface area contributed by atoms with E-state index < -0.39 is 0 Å². The van der Waals surface area contributed by atoms with Crippen LogP contribution in [0.1, 0.15) is 35.2 Å². The van der Waals surface area contributed by atoms with Crippen molar-refractivity contribution in [3.05, 3.63) is 34.0 Å². The molecule has 0 saturated carbocycles. The van der Waals surface area contributed by atoms with E-state index in [1.54, 1.807) is 0 Å². The molecular formula is C17H23N5OS. The van der Waals surface area contributed by atoms with Crippen LogP contribution < -0.4 is 5.32 Å². The van der Waals surface area contributed by atoms with Crippen LogP contribution in [0.3, 0.4) is 0 Å². The van der Waals surface area contributed by atoms with Crippen molar-refractivity contribution < 1.29 is 4.79 Å². The van der Waals surface area contributed by atoms with Gasteiger partial charge in [0, 0.05) is 43.5 Å². The van der Waals surface area contributed by atoms with Crippen molar-refractivity contribution in [3.8, 4) is 0 Å². The molecule has 128 valence electrons. The third kappa shape index (κ3) is 2.98. The van der Waals surface area contributed by atoms with Gasteiger partial charge in [0.2, 0.25) is 5.82 Å². The molecule has 2 atom stereocenters. The largest absolute Gasteiger partial charge is 0.347 e. The second kappa shape index (κ2) is 6.29. The summed E-state index contributed by atoms with van der Waals surface area (Å²) >= 11 is 1.82. The van der Waals surface area contributed by atoms with E-state index >= 15 is 0 Å². The van der Waals surface area contributed by atoms with Crippen molar-refractivity contribution in [1.82, 2.24) is 25.0 Å². The number of carbonyl (C=O) groups is 1. The molecule has 0 radical (unpaired) electrons. The van der Waals surface area contributed by atoms with Gasteiger partial charge in [-0.3, -0.25) is 9.69 Å². The van der Waals surface area contributed by atoms with Crippen LogP contribution in [0.4, 0.5) is 0 Å². The highest BCUT2D eigenvalue weighted by atomic mass is 32.1. The van der Waals surface area contributed by atoms with Gasteiger partial charge in [0.15, 0.2) is 0 Å². The summed E-state index contributed by atoms with van der Waals surface area (Å²) in [4.78, 5) is 16.3. The zero-order valence-electron chi connectivity index (χ0n) is 14.1. The van der Waals surface area contributed by atoms with Crippen molar-refractivity contribution in [1.29, 1.82) is 0 Å². The number of aromatic nitrogens is 3. The highest BCUT2D eigenvalue weighted by Crippen LogP contribution is 2.33. The summed E-state index contributed by atoms with van der Waals surface area (Å²) in [5.74, 6) is 2.52. The highest BCUT2D eigenvalue weighted by molar-refractivity contribution is 7.09. The number of amides is 1. The molecule has 0 unspecified atom stereocenters. The minimum atomic E-state index is -0.115. The summed E-state index contributed by atoms with van der Waals surface area (Å²) < 4.78 is 2.04. The fourth-order valence-corrected chi connectivity index (χ4v) is 4.61. The van der Waals surface area contributed by atoms with E-state index in [0.717, 1.165) is 38.4 Å². The van der Waals surface area contributed by atoms with Gasteiger partial charge in [-0.15, -0.1) is 21.5 Å². The van der Waals surface area contributed by atoms with Crippen LogP contribution in [-0.2, 0) is 19.5 Å². The molecular weight excluding hydrogens is 322 g/mol. The van der Waals surface area contributed by atoms with Crippen LogP contribution in [-0.4, -0.2) is 44.7 Å². The average Bonchev–Trinajstić information content (AvgIpc) is 3.22. The molecule has 7 heteroatoms. The van der Waals surface area contributed by atoms with Crippen LogP contribution >= 0.6 is 11.3 Å². The van der Waals surface area contributed by atoms with Crippen molar-refractivity contribution >= 4 is 17.2 Å². The first kappa shape index (κ1) is 15.8. The lowest BCUT2D eigenvalue weighted by Gasteiger charge is -2.25. The maximum absolute atomic E-state index is 12.3. The monoisotopic (exact) mass is 345 g/mol. The number of hydrogen-bond acceptors (Lipinski definition) is 5. The van der Waals surface area contributed by atoms with Crippen LogP contribution in [0.25, 0.3) is 0 Å². The Morgan fingerprint density at radius 2 is 2.17 bits per heavy atom. The van der Waals surface area contributed by atoms with Gasteiger partial charge >= 0.3 is 0 Å². The molecule has 0 aromatic carbocycles. The third-order valence-corrected chi connectivity index (χ3v) is 5.78. The van der Waals surface area contributed by atoms with Gasteiger partial charge in [0.25, 0.3) is 5.91 Å². The predicted octanol–water partition coefficient (Wildman–Crippen LogP) is 1.78. The molecule has 1 fully saturated rings. The van der Waals surface area contributed by atoms with Crippen LogP contribution in [0, 0.1) is 11.8 Å². The number of nitrogens with zero attached hydrogens (tertiary/aromatic N) is 4. The second-order valence-corrected chi connectivity index (χ2v) is 8.21. The molecule has 1 saturated heterocycles. The Morgan fingerprint density at radius 3 is 2.92 bits per heavy atom. The topological polar surface area (TPSA) is 63.1 Å². The van der Waals surface area contributed by atoms with Crippen molar-refractivity contribution in [3.63, 3.8) is 0 Å². The van der Waals surface area contributed by atoms with Gasteiger partial charge in [-0.2, -0.15) is 0 Å². The van der Waals surface area contributed by atoms with Crippen molar-refractivity contribution in [2.75, 3.05) is 13.1 Å². The number of nitrogens with one attached hydrogen (secondary N) is 1. The first-order valence-corrected chi connectivity index (χ1v) is 9.46. The summed E-state index contributed by atoms with van der Waals surface area (Å²) in [6, 6.07) is 4.43. The van der Waals surface area contributed by atoms with Crippen LogP contribution in [0.15, 0.2) is 17.5 Å². The Labute approximate surface area is 145 Å². The number of likely N-dealkylation sites (tertiary alicyclic amines) is 1. The lowest BCUT2D eigenvalue weighted by Crippen LogP contribution is -2.35. The number of hydrogen-bond donors (Lipinski definition) is 1. The summed E-state index contributed by atoms with van der Waals surface area (Å²) in [7, 11) is 0. The molecule has 24 heavy (non-hydrogen) atoms. The van der Waals surface area contributed by atoms with E-state index in [4.69, 9.17) is 0 Å². The standard InChI is InChI=1S/C17H23N5OS/c1-11(2)18-17(23)16-20-19-15-6-12-7-21(8-13(12)9-22(15)16)10-14-4-3-5-24-14/h3-5,11-13H,6-10H2,1-2H3,(H,18,23)/t12-,13+/m1/s1. The highest BCUT2D eigenvalue weighted by Gasteiger charge is 2.39. The SMILES string of the molecule is CC(C)NC(=O)c1nnc2n1C[C@@H]1CN(Cc3cccs3)C[C@H]1C2. The Balaban J connectivity index is 1.46. The fourth-order valence-electron chi connectivity index (χ4n) is 3.87. The third-order valence-electron chi connectivity index (χ3n) is 4.92. The van der Waals surface area contributed by atoms with E-state index in [9.17, 15) is 4.79 Å². The Bertz CT molecular complexity index is 723. The van der Waals surface area contributed by atoms with E-state index in [0.29, 0.717) is 17.7 Å². The Morgan fingerprint density at radius 1 is 1.33 bits per heavy atom. The molecule has 2 aliphatic heterocycles. The molecule has 1 N–H and O–H groups in total. The van der Waals surface area contributed by atoms with E-state index in [1.807, 2.05) is 29.8 Å². The molecule has 1 amide bonds. The zero-order chi connectivity index (χ0) is 16.7. The Kier molecular flexibility index (Phi) is 4.14. The summed E-state index contributed by atoms with van der Waals surface area (Å²) in [5, 5.41) is 13.5. The molecule has 0 bridgehead atoms. The summed E-state index contributed by atoms with van der Waals surface area (Å²) in [6.07, 6.45) is 0.924. The molecule has 0 aliphatic carbocycles. The van der Waals surface area contributed by atoms with E-state index in [-0.39, 0.29) is 11.9 Å². The van der Waals surface area contributed by atoms with Crippen molar-refractivity contribution in [2.24, 2.45) is 11.8 Å². The predicted molar refractivity (Wildman–Crippen MR) is 92.9 cm³/mol.